The number of piperazine rings is 1. The zero-order chi connectivity index (χ0) is 18.7. The zero-order valence-corrected chi connectivity index (χ0v) is 17.7. The Bertz CT molecular complexity index is 490. The molecule has 1 heterocycles. The van der Waals surface area contributed by atoms with Crippen LogP contribution in [0.4, 0.5) is 0 Å². The van der Waals surface area contributed by atoms with E-state index in [1.807, 2.05) is 25.6 Å². The van der Waals surface area contributed by atoms with Crippen molar-refractivity contribution in [3.8, 4) is 0 Å². The van der Waals surface area contributed by atoms with Gasteiger partial charge in [-0.25, -0.2) is 8.42 Å². The highest BCUT2D eigenvalue weighted by Gasteiger charge is 2.27. The van der Waals surface area contributed by atoms with Crippen LogP contribution in [0.5, 0.6) is 0 Å². The van der Waals surface area contributed by atoms with Gasteiger partial charge in [-0.3, -0.25) is 4.99 Å². The van der Waals surface area contributed by atoms with Crippen molar-refractivity contribution >= 4 is 27.7 Å². The third-order valence-corrected chi connectivity index (χ3v) is 6.53. The summed E-state index contributed by atoms with van der Waals surface area (Å²) in [5, 5.41) is 3.38. The lowest BCUT2D eigenvalue weighted by molar-refractivity contribution is 0.0904. The van der Waals surface area contributed by atoms with Crippen LogP contribution in [0.15, 0.2) is 4.99 Å². The van der Waals surface area contributed by atoms with E-state index in [1.54, 1.807) is 11.4 Å². The van der Waals surface area contributed by atoms with Gasteiger partial charge in [0.15, 0.2) is 5.96 Å². The predicted molar refractivity (Wildman–Crippen MR) is 107 cm³/mol. The lowest BCUT2D eigenvalue weighted by atomic mass is 10.3. The van der Waals surface area contributed by atoms with Crippen molar-refractivity contribution < 1.29 is 13.2 Å². The van der Waals surface area contributed by atoms with Crippen molar-refractivity contribution in [1.82, 2.24) is 14.5 Å². The molecule has 0 aliphatic carbocycles. The van der Waals surface area contributed by atoms with E-state index in [0.29, 0.717) is 26.2 Å². The van der Waals surface area contributed by atoms with Gasteiger partial charge < -0.3 is 15.0 Å². The van der Waals surface area contributed by atoms with Crippen molar-refractivity contribution in [3.63, 3.8) is 0 Å². The molecule has 9 heteroatoms. The number of ether oxygens (including phenoxy) is 1. The van der Waals surface area contributed by atoms with Crippen molar-refractivity contribution in [1.29, 1.82) is 0 Å². The van der Waals surface area contributed by atoms with Crippen molar-refractivity contribution in [2.45, 2.75) is 32.8 Å². The summed E-state index contributed by atoms with van der Waals surface area (Å²) in [5.41, 5.74) is 0. The SMILES string of the molecule is CN=C(NCCCCSC)N1CCN(S(=O)(=O)CCOC(C)C)CC1. The maximum atomic E-state index is 12.4. The summed E-state index contributed by atoms with van der Waals surface area (Å²) in [6, 6.07) is 0. The van der Waals surface area contributed by atoms with E-state index in [1.165, 1.54) is 12.2 Å². The molecule has 7 nitrogen and oxygen atoms in total. The molecule has 0 aromatic heterocycles. The summed E-state index contributed by atoms with van der Waals surface area (Å²) < 4.78 is 31.7. The van der Waals surface area contributed by atoms with Gasteiger partial charge >= 0.3 is 0 Å². The summed E-state index contributed by atoms with van der Waals surface area (Å²) >= 11 is 1.86. The van der Waals surface area contributed by atoms with Crippen LogP contribution >= 0.6 is 11.8 Å². The molecular formula is C16H34N4O3S2. The van der Waals surface area contributed by atoms with Gasteiger partial charge in [0.1, 0.15) is 0 Å². The van der Waals surface area contributed by atoms with Crippen LogP contribution in [0.3, 0.4) is 0 Å². The second-order valence-electron chi connectivity index (χ2n) is 6.30. The van der Waals surface area contributed by atoms with Gasteiger partial charge in [0.05, 0.1) is 18.5 Å². The van der Waals surface area contributed by atoms with E-state index in [4.69, 9.17) is 4.74 Å². The fourth-order valence-electron chi connectivity index (χ4n) is 2.60. The van der Waals surface area contributed by atoms with E-state index < -0.39 is 10.0 Å². The van der Waals surface area contributed by atoms with E-state index in [2.05, 4.69) is 21.5 Å². The minimum absolute atomic E-state index is 0.0492. The van der Waals surface area contributed by atoms with Gasteiger partial charge in [0.25, 0.3) is 0 Å². The number of aliphatic imine (C=N–C) groups is 1. The smallest absolute Gasteiger partial charge is 0.216 e. The minimum Gasteiger partial charge on any atom is -0.378 e. The molecule has 1 fully saturated rings. The molecule has 1 saturated heterocycles. The first-order valence-electron chi connectivity index (χ1n) is 8.94. The zero-order valence-electron chi connectivity index (χ0n) is 16.0. The summed E-state index contributed by atoms with van der Waals surface area (Å²) in [6.07, 6.45) is 4.48. The van der Waals surface area contributed by atoms with Crippen molar-refractivity contribution in [3.05, 3.63) is 0 Å². The second-order valence-corrected chi connectivity index (χ2v) is 9.37. The van der Waals surface area contributed by atoms with Crippen LogP contribution in [0, 0.1) is 0 Å². The number of rotatable bonds is 10. The molecular weight excluding hydrogens is 360 g/mol. The van der Waals surface area contributed by atoms with Crippen LogP contribution < -0.4 is 5.32 Å². The molecule has 0 aromatic carbocycles. The van der Waals surface area contributed by atoms with Gasteiger partial charge in [0, 0.05) is 39.8 Å². The van der Waals surface area contributed by atoms with Crippen LogP contribution in [0.2, 0.25) is 0 Å². The summed E-state index contributed by atoms with van der Waals surface area (Å²) in [6.45, 7) is 7.28. The Hall–Kier alpha value is -0.510. The van der Waals surface area contributed by atoms with Crippen LogP contribution in [-0.2, 0) is 14.8 Å². The highest BCUT2D eigenvalue weighted by Crippen LogP contribution is 2.09. The number of hydrogen-bond donors (Lipinski definition) is 1. The quantitative estimate of drug-likeness (QED) is 0.339. The molecule has 1 N–H and O–H groups in total. The lowest BCUT2D eigenvalue weighted by Gasteiger charge is -2.35. The first-order valence-corrected chi connectivity index (χ1v) is 11.9. The van der Waals surface area contributed by atoms with Crippen LogP contribution in [-0.4, -0.2) is 93.8 Å². The first-order chi connectivity index (χ1) is 11.9. The molecule has 1 aliphatic rings. The normalized spacial score (nSPS) is 17.3. The molecule has 1 rings (SSSR count). The Morgan fingerprint density at radius 1 is 1.24 bits per heavy atom. The fraction of sp³-hybridized carbons (Fsp3) is 0.938. The molecule has 0 bridgehead atoms. The van der Waals surface area contributed by atoms with Gasteiger partial charge in [-0.15, -0.1) is 0 Å². The Labute approximate surface area is 157 Å². The number of guanidine groups is 1. The highest BCUT2D eigenvalue weighted by molar-refractivity contribution is 7.98. The summed E-state index contributed by atoms with van der Waals surface area (Å²) in [5.74, 6) is 2.09. The van der Waals surface area contributed by atoms with Crippen molar-refractivity contribution in [2.75, 3.05) is 64.1 Å². The van der Waals surface area contributed by atoms with Gasteiger partial charge in [-0.05, 0) is 38.7 Å². The van der Waals surface area contributed by atoms with Gasteiger partial charge in [0.2, 0.25) is 10.0 Å². The number of unbranched alkanes of at least 4 members (excludes halogenated alkanes) is 1. The monoisotopic (exact) mass is 394 g/mol. The third kappa shape index (κ3) is 8.61. The Morgan fingerprint density at radius 3 is 2.48 bits per heavy atom. The number of hydrogen-bond acceptors (Lipinski definition) is 5. The predicted octanol–water partition coefficient (Wildman–Crippen LogP) is 1.08. The molecule has 1 aliphatic heterocycles. The topological polar surface area (TPSA) is 74.2 Å². The van der Waals surface area contributed by atoms with Crippen LogP contribution in [0.25, 0.3) is 0 Å². The number of nitrogens with one attached hydrogen (secondary N) is 1. The van der Waals surface area contributed by atoms with E-state index in [0.717, 1.165) is 18.9 Å². The second kappa shape index (κ2) is 12.0. The maximum absolute atomic E-state index is 12.4. The standard InChI is InChI=1S/C16H34N4O3S2/c1-15(2)23-12-14-25(21,22)20-10-8-19(9-11-20)16(17-3)18-7-5-6-13-24-4/h15H,5-14H2,1-4H3,(H,17,18). The Kier molecular flexibility index (Phi) is 10.8. The largest absolute Gasteiger partial charge is 0.378 e. The molecule has 0 amide bonds. The molecule has 0 unspecified atom stereocenters. The Morgan fingerprint density at radius 2 is 1.92 bits per heavy atom. The fourth-order valence-corrected chi connectivity index (χ4v) is 4.38. The minimum atomic E-state index is -3.24. The third-order valence-electron chi connectivity index (χ3n) is 3.99. The lowest BCUT2D eigenvalue weighted by Crippen LogP contribution is -2.54. The molecule has 25 heavy (non-hydrogen) atoms. The molecule has 148 valence electrons. The molecule has 0 radical (unpaired) electrons. The molecule has 0 aromatic rings. The maximum Gasteiger partial charge on any atom is 0.216 e. The number of thioether (sulfide) groups is 1. The first kappa shape index (κ1) is 22.5. The number of sulfonamides is 1. The molecule has 0 spiro atoms. The average molecular weight is 395 g/mol. The highest BCUT2D eigenvalue weighted by atomic mass is 32.2. The van der Waals surface area contributed by atoms with Crippen molar-refractivity contribution in [2.24, 2.45) is 4.99 Å². The average Bonchev–Trinajstić information content (AvgIpc) is 2.58. The van der Waals surface area contributed by atoms with Gasteiger partial charge in [-0.1, -0.05) is 0 Å². The Balaban J connectivity index is 2.38. The van der Waals surface area contributed by atoms with E-state index >= 15 is 0 Å². The summed E-state index contributed by atoms with van der Waals surface area (Å²) in [4.78, 5) is 6.45. The molecule has 0 atom stereocenters. The number of nitrogens with zero attached hydrogens (tertiary/aromatic N) is 3. The van der Waals surface area contributed by atoms with Crippen LogP contribution in [0.1, 0.15) is 26.7 Å². The van der Waals surface area contributed by atoms with Gasteiger partial charge in [-0.2, -0.15) is 16.1 Å². The van der Waals surface area contributed by atoms with E-state index in [-0.39, 0.29) is 18.5 Å². The van der Waals surface area contributed by atoms with E-state index in [9.17, 15) is 8.42 Å². The molecule has 0 saturated carbocycles. The summed E-state index contributed by atoms with van der Waals surface area (Å²) in [7, 11) is -1.47.